The Balaban J connectivity index is 1.17. The van der Waals surface area contributed by atoms with Crippen molar-refractivity contribution in [1.29, 1.82) is 0 Å². The lowest BCUT2D eigenvalue weighted by molar-refractivity contribution is -0.135. The van der Waals surface area contributed by atoms with Crippen molar-refractivity contribution in [2.75, 3.05) is 33.8 Å². The van der Waals surface area contributed by atoms with Crippen molar-refractivity contribution in [2.24, 2.45) is 5.92 Å². The summed E-state index contributed by atoms with van der Waals surface area (Å²) in [6, 6.07) is 11.7. The number of imidazole rings is 2. The van der Waals surface area contributed by atoms with Crippen LogP contribution in [-0.4, -0.2) is 82.6 Å². The third kappa shape index (κ3) is 9.61. The van der Waals surface area contributed by atoms with Gasteiger partial charge in [-0.2, -0.15) is 0 Å². The number of aromatic nitrogens is 4. The number of H-pyrrole nitrogens is 2. The van der Waals surface area contributed by atoms with Crippen LogP contribution < -0.4 is 16.0 Å². The number of alkyl carbamates (subject to hydrolysis) is 1. The van der Waals surface area contributed by atoms with Crippen LogP contribution >= 0.6 is 0 Å². The number of methoxy groups -OCH3 is 1. The van der Waals surface area contributed by atoms with Crippen LogP contribution in [0.3, 0.4) is 0 Å². The Labute approximate surface area is 297 Å². The molecule has 1 aliphatic rings. The van der Waals surface area contributed by atoms with E-state index in [1.54, 1.807) is 36.5 Å². The lowest BCUT2D eigenvalue weighted by Crippen LogP contribution is -2.51. The molecule has 2 atom stereocenters. The number of nitrogens with one attached hydrogen (secondary N) is 5. The summed E-state index contributed by atoms with van der Waals surface area (Å²) in [6.07, 6.45) is 6.71. The molecular weight excluding hydrogens is 651 g/mol. The monoisotopic (exact) mass is 696 g/mol. The zero-order valence-corrected chi connectivity index (χ0v) is 29.4. The second kappa shape index (κ2) is 17.4. The Morgan fingerprint density at radius 2 is 1.76 bits per heavy atom. The van der Waals surface area contributed by atoms with Gasteiger partial charge in [-0.25, -0.2) is 19.2 Å². The number of benzene rings is 2. The van der Waals surface area contributed by atoms with Gasteiger partial charge in [0.1, 0.15) is 23.5 Å². The van der Waals surface area contributed by atoms with E-state index in [2.05, 4.69) is 47.7 Å². The number of unbranched alkanes of at least 4 members (excludes halogenated alkanes) is 1. The second-order valence-corrected chi connectivity index (χ2v) is 12.8. The van der Waals surface area contributed by atoms with Gasteiger partial charge in [-0.05, 0) is 74.5 Å². The fraction of sp³-hybridized carbons (Fsp3) is 0.395. The number of likely N-dealkylation sites (N-methyl/N-ethyl adjacent to an activating group) is 1. The lowest BCUT2D eigenvalue weighted by Gasteiger charge is -2.30. The summed E-state index contributed by atoms with van der Waals surface area (Å²) < 4.78 is 19.8. The van der Waals surface area contributed by atoms with Gasteiger partial charge in [0.2, 0.25) is 11.8 Å². The van der Waals surface area contributed by atoms with Crippen LogP contribution in [0.5, 0.6) is 0 Å². The first-order valence-electron chi connectivity index (χ1n) is 17.2. The number of aromatic amines is 2. The standard InChI is InChI=1S/C38H45FN8O4/c1-24(2)35(46-38(50)51-4)37(49)47-19-7-8-32(47)36-43-21-30(45-36)27-15-12-25(13-16-27)10-11-26-14-17-28(29(39)20-26)31-22-42-33(44-31)9-5-6-18-41-34(48)23-40-3/h12-17,20-22,24,32,35,40H,5-9,18-19,23H2,1-4H3,(H,41,48)(H,42,44)(H,43,45)(H,46,50). The molecule has 0 aliphatic carbocycles. The molecule has 2 aromatic heterocycles. The molecule has 0 spiro atoms. The Morgan fingerprint density at radius 3 is 2.49 bits per heavy atom. The molecule has 2 unspecified atom stereocenters. The molecular formula is C38H45FN8O4. The second-order valence-electron chi connectivity index (χ2n) is 12.8. The van der Waals surface area contributed by atoms with Crippen molar-refractivity contribution in [3.63, 3.8) is 0 Å². The SMILES string of the molecule is CNCC(=O)NCCCCc1ncc(-c2ccc(C#Cc3ccc(-c4cnc(C5CCCN5C(=O)C(NC(=O)OC)C(C)C)[nH]4)cc3)cc2F)[nH]1. The molecule has 0 bridgehead atoms. The quantitative estimate of drug-likeness (QED) is 0.100. The lowest BCUT2D eigenvalue weighted by atomic mass is 10.0. The van der Waals surface area contributed by atoms with Crippen LogP contribution in [0, 0.1) is 23.6 Å². The van der Waals surface area contributed by atoms with Gasteiger partial charge in [-0.15, -0.1) is 0 Å². The topological polar surface area (TPSA) is 157 Å². The first kappa shape index (κ1) is 36.8. The van der Waals surface area contributed by atoms with Crippen LogP contribution in [0.1, 0.15) is 68.3 Å². The predicted molar refractivity (Wildman–Crippen MR) is 192 cm³/mol. The number of amides is 3. The van der Waals surface area contributed by atoms with E-state index in [-0.39, 0.29) is 23.8 Å². The summed E-state index contributed by atoms with van der Waals surface area (Å²) in [7, 11) is 3.01. The van der Waals surface area contributed by atoms with E-state index in [0.29, 0.717) is 48.7 Å². The molecule has 2 aromatic carbocycles. The zero-order valence-electron chi connectivity index (χ0n) is 29.4. The Morgan fingerprint density at radius 1 is 1.02 bits per heavy atom. The number of aryl methyl sites for hydroxylation is 1. The Kier molecular flexibility index (Phi) is 12.6. The number of rotatable bonds is 13. The van der Waals surface area contributed by atoms with Crippen molar-refractivity contribution < 1.29 is 23.5 Å². The van der Waals surface area contributed by atoms with Crippen molar-refractivity contribution in [1.82, 2.24) is 40.8 Å². The molecule has 1 fully saturated rings. The molecule has 0 saturated carbocycles. The maximum Gasteiger partial charge on any atom is 0.407 e. The summed E-state index contributed by atoms with van der Waals surface area (Å²) in [5, 5.41) is 8.34. The highest BCUT2D eigenvalue weighted by atomic mass is 19.1. The summed E-state index contributed by atoms with van der Waals surface area (Å²) in [5.41, 5.74) is 4.07. The van der Waals surface area contributed by atoms with E-state index >= 15 is 4.39 Å². The number of likely N-dealkylation sites (tertiary alicyclic amines) is 1. The molecule has 1 saturated heterocycles. The van der Waals surface area contributed by atoms with E-state index in [1.165, 1.54) is 13.2 Å². The minimum Gasteiger partial charge on any atom is -0.453 e. The molecule has 3 heterocycles. The van der Waals surface area contributed by atoms with Gasteiger partial charge in [0.25, 0.3) is 0 Å². The average molecular weight is 697 g/mol. The van der Waals surface area contributed by atoms with Gasteiger partial charge in [-0.1, -0.05) is 37.8 Å². The van der Waals surface area contributed by atoms with Gasteiger partial charge in [0.05, 0.1) is 43.5 Å². The molecule has 51 heavy (non-hydrogen) atoms. The fourth-order valence-corrected chi connectivity index (χ4v) is 6.03. The first-order valence-corrected chi connectivity index (χ1v) is 17.2. The normalized spacial score (nSPS) is 14.5. The summed E-state index contributed by atoms with van der Waals surface area (Å²) in [6.45, 7) is 5.25. The highest BCUT2D eigenvalue weighted by Gasteiger charge is 2.37. The fourth-order valence-electron chi connectivity index (χ4n) is 6.03. The first-order chi connectivity index (χ1) is 24.7. The van der Waals surface area contributed by atoms with Gasteiger partial charge < -0.3 is 35.6 Å². The van der Waals surface area contributed by atoms with Crippen LogP contribution in [0.4, 0.5) is 9.18 Å². The van der Waals surface area contributed by atoms with Crippen molar-refractivity contribution in [3.05, 3.63) is 83.5 Å². The zero-order chi connectivity index (χ0) is 36.3. The van der Waals surface area contributed by atoms with Crippen molar-refractivity contribution >= 4 is 17.9 Å². The Bertz CT molecular complexity index is 1870. The van der Waals surface area contributed by atoms with Gasteiger partial charge in [-0.3, -0.25) is 9.59 Å². The van der Waals surface area contributed by atoms with E-state index < -0.39 is 18.0 Å². The van der Waals surface area contributed by atoms with Gasteiger partial charge in [0.15, 0.2) is 0 Å². The molecule has 5 rings (SSSR count). The number of carbonyl (C=O) groups is 3. The van der Waals surface area contributed by atoms with Crippen LogP contribution in [-0.2, 0) is 20.7 Å². The van der Waals surface area contributed by atoms with Gasteiger partial charge in [0, 0.05) is 36.2 Å². The maximum absolute atomic E-state index is 15.1. The number of hydrogen-bond donors (Lipinski definition) is 5. The smallest absolute Gasteiger partial charge is 0.407 e. The van der Waals surface area contributed by atoms with E-state index in [1.807, 2.05) is 38.1 Å². The largest absolute Gasteiger partial charge is 0.453 e. The minimum absolute atomic E-state index is 0.0305. The number of nitrogens with zero attached hydrogens (tertiary/aromatic N) is 3. The third-order valence-corrected chi connectivity index (χ3v) is 8.77. The van der Waals surface area contributed by atoms with Gasteiger partial charge >= 0.3 is 6.09 Å². The summed E-state index contributed by atoms with van der Waals surface area (Å²) in [5.74, 6) is 6.93. The van der Waals surface area contributed by atoms with E-state index in [0.717, 1.165) is 48.3 Å². The van der Waals surface area contributed by atoms with Crippen molar-refractivity contribution in [3.8, 4) is 34.4 Å². The number of halogens is 1. The highest BCUT2D eigenvalue weighted by Crippen LogP contribution is 2.33. The molecule has 1 aliphatic heterocycles. The molecule has 5 N–H and O–H groups in total. The molecule has 12 nitrogen and oxygen atoms in total. The summed E-state index contributed by atoms with van der Waals surface area (Å²) >= 11 is 0. The van der Waals surface area contributed by atoms with E-state index in [4.69, 9.17) is 4.74 Å². The number of hydrogen-bond acceptors (Lipinski definition) is 7. The molecule has 0 radical (unpaired) electrons. The number of carbonyl (C=O) groups excluding carboxylic acids is 3. The summed E-state index contributed by atoms with van der Waals surface area (Å²) in [4.78, 5) is 54.2. The Hall–Kier alpha value is -5.48. The van der Waals surface area contributed by atoms with Crippen LogP contribution in [0.25, 0.3) is 22.5 Å². The molecule has 268 valence electrons. The average Bonchev–Trinajstić information content (AvgIpc) is 3.91. The minimum atomic E-state index is -0.697. The highest BCUT2D eigenvalue weighted by molar-refractivity contribution is 5.86. The van der Waals surface area contributed by atoms with E-state index in [9.17, 15) is 14.4 Å². The molecule has 13 heteroatoms. The van der Waals surface area contributed by atoms with Crippen LogP contribution in [0.2, 0.25) is 0 Å². The molecule has 3 amide bonds. The van der Waals surface area contributed by atoms with Crippen LogP contribution in [0.15, 0.2) is 54.9 Å². The molecule has 4 aromatic rings. The van der Waals surface area contributed by atoms with Crippen molar-refractivity contribution in [2.45, 2.75) is 58.0 Å². The predicted octanol–water partition coefficient (Wildman–Crippen LogP) is 4.71. The number of ether oxygens (including phenoxy) is 1. The third-order valence-electron chi connectivity index (χ3n) is 8.77. The maximum atomic E-state index is 15.1.